The molecular weight excluding hydrogens is 349 g/mol. The summed E-state index contributed by atoms with van der Waals surface area (Å²) in [7, 11) is 3.18. The van der Waals surface area contributed by atoms with Crippen LogP contribution in [0.2, 0.25) is 10.0 Å². The smallest absolute Gasteiger partial charge is 0.180 e. The zero-order valence-electron chi connectivity index (χ0n) is 14.2. The topological polar surface area (TPSA) is 39.7 Å². The molecule has 130 valence electrons. The van der Waals surface area contributed by atoms with E-state index < -0.39 is 0 Å². The van der Waals surface area contributed by atoms with Crippen molar-refractivity contribution in [3.63, 3.8) is 0 Å². The van der Waals surface area contributed by atoms with Gasteiger partial charge in [-0.2, -0.15) is 0 Å². The first-order valence-corrected chi connectivity index (χ1v) is 8.30. The summed E-state index contributed by atoms with van der Waals surface area (Å²) in [5.41, 5.74) is 1.86. The normalized spacial score (nSPS) is 10.6. The summed E-state index contributed by atoms with van der Waals surface area (Å²) >= 11 is 12.5. The first-order valence-electron chi connectivity index (χ1n) is 7.55. The largest absolute Gasteiger partial charge is 0.495 e. The fraction of sp³-hybridized carbons (Fsp3) is 0.333. The Bertz CT molecular complexity index is 705. The van der Waals surface area contributed by atoms with Crippen molar-refractivity contribution >= 4 is 28.9 Å². The summed E-state index contributed by atoms with van der Waals surface area (Å²) in [4.78, 5) is 0. The lowest BCUT2D eigenvalue weighted by molar-refractivity contribution is 0.230. The standard InChI is InChI=1S/C18H21Cl2NO3/c1-11(2)24-18-15(20)7-12(8-17(18)23-4)10-21-13-5-6-16(22-3)14(19)9-13/h5-9,11,21H,10H2,1-4H3. The number of hydrogen-bond donors (Lipinski definition) is 1. The highest BCUT2D eigenvalue weighted by molar-refractivity contribution is 6.32. The molecule has 2 aromatic carbocycles. The molecule has 0 aliphatic rings. The third-order valence-electron chi connectivity index (χ3n) is 3.29. The van der Waals surface area contributed by atoms with Crippen LogP contribution < -0.4 is 19.5 Å². The third kappa shape index (κ3) is 4.62. The fourth-order valence-corrected chi connectivity index (χ4v) is 2.74. The van der Waals surface area contributed by atoms with Crippen LogP contribution in [0.5, 0.6) is 17.2 Å². The lowest BCUT2D eigenvalue weighted by Gasteiger charge is -2.17. The van der Waals surface area contributed by atoms with Crippen LogP contribution in [-0.2, 0) is 6.54 Å². The highest BCUT2D eigenvalue weighted by Gasteiger charge is 2.13. The Kier molecular flexibility index (Phi) is 6.46. The Morgan fingerprint density at radius 1 is 0.958 bits per heavy atom. The maximum Gasteiger partial charge on any atom is 0.180 e. The second kappa shape index (κ2) is 8.36. The molecule has 1 N–H and O–H groups in total. The SMILES string of the molecule is COc1ccc(NCc2cc(Cl)c(OC(C)C)c(OC)c2)cc1Cl. The van der Waals surface area contributed by atoms with E-state index in [9.17, 15) is 0 Å². The van der Waals surface area contributed by atoms with Crippen molar-refractivity contribution in [2.75, 3.05) is 19.5 Å². The molecule has 0 spiro atoms. The van der Waals surface area contributed by atoms with Crippen LogP contribution in [-0.4, -0.2) is 20.3 Å². The Morgan fingerprint density at radius 3 is 2.25 bits per heavy atom. The van der Waals surface area contributed by atoms with Gasteiger partial charge in [0.15, 0.2) is 11.5 Å². The number of halogens is 2. The summed E-state index contributed by atoms with van der Waals surface area (Å²) in [5.74, 6) is 1.81. The quantitative estimate of drug-likeness (QED) is 0.707. The molecule has 0 aromatic heterocycles. The average molecular weight is 370 g/mol. The zero-order valence-corrected chi connectivity index (χ0v) is 15.7. The molecule has 0 atom stereocenters. The number of hydrogen-bond acceptors (Lipinski definition) is 4. The van der Waals surface area contributed by atoms with Crippen LogP contribution in [0, 0.1) is 0 Å². The van der Waals surface area contributed by atoms with Gasteiger partial charge < -0.3 is 19.5 Å². The first-order chi connectivity index (χ1) is 11.4. The van der Waals surface area contributed by atoms with E-state index in [1.165, 1.54) is 0 Å². The molecule has 0 amide bonds. The summed E-state index contributed by atoms with van der Waals surface area (Å²) in [6, 6.07) is 9.30. The second-order valence-electron chi connectivity index (χ2n) is 5.48. The minimum atomic E-state index is 0.0156. The maximum atomic E-state index is 6.33. The van der Waals surface area contributed by atoms with E-state index in [0.29, 0.717) is 33.8 Å². The number of methoxy groups -OCH3 is 2. The molecule has 0 radical (unpaired) electrons. The number of anilines is 1. The van der Waals surface area contributed by atoms with Crippen LogP contribution in [0.4, 0.5) is 5.69 Å². The summed E-state index contributed by atoms with van der Waals surface area (Å²) in [6.07, 6.45) is 0.0156. The van der Waals surface area contributed by atoms with Crippen molar-refractivity contribution in [1.82, 2.24) is 0 Å². The van der Waals surface area contributed by atoms with Crippen LogP contribution in [0.25, 0.3) is 0 Å². The molecule has 2 rings (SSSR count). The van der Waals surface area contributed by atoms with E-state index in [1.54, 1.807) is 14.2 Å². The van der Waals surface area contributed by atoms with E-state index in [4.69, 9.17) is 37.4 Å². The Balaban J connectivity index is 2.15. The third-order valence-corrected chi connectivity index (χ3v) is 3.87. The van der Waals surface area contributed by atoms with Crippen molar-refractivity contribution in [3.05, 3.63) is 45.9 Å². The van der Waals surface area contributed by atoms with Crippen LogP contribution in [0.1, 0.15) is 19.4 Å². The molecule has 0 bridgehead atoms. The van der Waals surface area contributed by atoms with Gasteiger partial charge in [-0.1, -0.05) is 23.2 Å². The van der Waals surface area contributed by atoms with Crippen molar-refractivity contribution in [2.45, 2.75) is 26.5 Å². The molecule has 0 heterocycles. The van der Waals surface area contributed by atoms with Gasteiger partial charge in [-0.05, 0) is 49.7 Å². The van der Waals surface area contributed by atoms with E-state index in [1.807, 2.05) is 44.2 Å². The number of nitrogens with one attached hydrogen (secondary N) is 1. The Labute approximate surface area is 152 Å². The molecule has 0 saturated heterocycles. The van der Waals surface area contributed by atoms with Gasteiger partial charge in [-0.25, -0.2) is 0 Å². The lowest BCUT2D eigenvalue weighted by Crippen LogP contribution is -2.08. The predicted octanol–water partition coefficient (Wildman–Crippen LogP) is 5.41. The maximum absolute atomic E-state index is 6.33. The van der Waals surface area contributed by atoms with Gasteiger partial charge in [-0.15, -0.1) is 0 Å². The monoisotopic (exact) mass is 369 g/mol. The molecular formula is C18H21Cl2NO3. The van der Waals surface area contributed by atoms with Crippen LogP contribution >= 0.6 is 23.2 Å². The van der Waals surface area contributed by atoms with Gasteiger partial charge in [0.2, 0.25) is 0 Å². The Morgan fingerprint density at radius 2 is 1.67 bits per heavy atom. The predicted molar refractivity (Wildman–Crippen MR) is 99.1 cm³/mol. The highest BCUT2D eigenvalue weighted by atomic mass is 35.5. The van der Waals surface area contributed by atoms with Crippen LogP contribution in [0.15, 0.2) is 30.3 Å². The lowest BCUT2D eigenvalue weighted by atomic mass is 10.2. The summed E-state index contributed by atoms with van der Waals surface area (Å²) in [5, 5.41) is 4.37. The van der Waals surface area contributed by atoms with Gasteiger partial charge in [-0.3, -0.25) is 0 Å². The molecule has 0 saturated carbocycles. The van der Waals surface area contributed by atoms with Gasteiger partial charge >= 0.3 is 0 Å². The van der Waals surface area contributed by atoms with Gasteiger partial charge in [0.1, 0.15) is 5.75 Å². The first kappa shape index (κ1) is 18.6. The number of rotatable bonds is 7. The summed E-state index contributed by atoms with van der Waals surface area (Å²) < 4.78 is 16.3. The molecule has 0 fully saturated rings. The fourth-order valence-electron chi connectivity index (χ4n) is 2.21. The van der Waals surface area contributed by atoms with Crippen molar-refractivity contribution < 1.29 is 14.2 Å². The molecule has 2 aromatic rings. The minimum Gasteiger partial charge on any atom is -0.495 e. The van der Waals surface area contributed by atoms with Crippen molar-refractivity contribution in [3.8, 4) is 17.2 Å². The van der Waals surface area contributed by atoms with E-state index in [2.05, 4.69) is 5.32 Å². The van der Waals surface area contributed by atoms with E-state index in [-0.39, 0.29) is 6.10 Å². The van der Waals surface area contributed by atoms with Gasteiger partial charge in [0.25, 0.3) is 0 Å². The van der Waals surface area contributed by atoms with Gasteiger partial charge in [0.05, 0.1) is 30.4 Å². The van der Waals surface area contributed by atoms with E-state index in [0.717, 1.165) is 11.3 Å². The number of ether oxygens (including phenoxy) is 3. The molecule has 0 aliphatic carbocycles. The number of benzene rings is 2. The summed E-state index contributed by atoms with van der Waals surface area (Å²) in [6.45, 7) is 4.46. The Hall–Kier alpha value is -1.78. The van der Waals surface area contributed by atoms with Crippen molar-refractivity contribution in [2.24, 2.45) is 0 Å². The second-order valence-corrected chi connectivity index (χ2v) is 6.29. The van der Waals surface area contributed by atoms with Gasteiger partial charge in [0, 0.05) is 12.2 Å². The highest BCUT2D eigenvalue weighted by Crippen LogP contribution is 2.37. The molecule has 0 aliphatic heterocycles. The van der Waals surface area contributed by atoms with E-state index >= 15 is 0 Å². The zero-order chi connectivity index (χ0) is 17.7. The molecule has 4 nitrogen and oxygen atoms in total. The van der Waals surface area contributed by atoms with Crippen LogP contribution in [0.3, 0.4) is 0 Å². The molecule has 24 heavy (non-hydrogen) atoms. The van der Waals surface area contributed by atoms with Crippen molar-refractivity contribution in [1.29, 1.82) is 0 Å². The minimum absolute atomic E-state index is 0.0156. The molecule has 0 unspecified atom stereocenters. The molecule has 6 heteroatoms. The average Bonchev–Trinajstić information content (AvgIpc) is 2.54.